The van der Waals surface area contributed by atoms with Crippen LogP contribution in [0.5, 0.6) is 0 Å². The van der Waals surface area contributed by atoms with E-state index in [1.54, 1.807) is 7.05 Å². The number of nitrogens with one attached hydrogen (secondary N) is 2. The topological polar surface area (TPSA) is 64.1 Å². The summed E-state index contributed by atoms with van der Waals surface area (Å²) < 4.78 is 17.1. The highest BCUT2D eigenvalue weighted by molar-refractivity contribution is 14.0. The fourth-order valence-electron chi connectivity index (χ4n) is 3.21. The molecular weight excluding hydrogens is 481 g/mol. The summed E-state index contributed by atoms with van der Waals surface area (Å²) in [6, 6.07) is 8.54. The molecule has 29 heavy (non-hydrogen) atoms. The van der Waals surface area contributed by atoms with E-state index in [9.17, 15) is 0 Å². The molecule has 2 aliphatic rings. The molecule has 0 bridgehead atoms. The van der Waals surface area contributed by atoms with E-state index in [1.165, 1.54) is 24.0 Å². The number of hydrogen-bond donors (Lipinski definition) is 2. The minimum Gasteiger partial charge on any atom is -0.381 e. The summed E-state index contributed by atoms with van der Waals surface area (Å²) in [5, 5.41) is 6.73. The molecule has 0 amide bonds. The second kappa shape index (κ2) is 14.2. The zero-order valence-electron chi connectivity index (χ0n) is 17.5. The van der Waals surface area contributed by atoms with Gasteiger partial charge in [0.2, 0.25) is 0 Å². The molecule has 0 atom stereocenters. The summed E-state index contributed by atoms with van der Waals surface area (Å²) in [6.45, 7) is 5.64. The second-order valence-corrected chi connectivity index (χ2v) is 7.67. The minimum absolute atomic E-state index is 0. The zero-order chi connectivity index (χ0) is 19.4. The molecule has 0 spiro atoms. The van der Waals surface area contributed by atoms with Gasteiger partial charge in [0, 0.05) is 46.6 Å². The van der Waals surface area contributed by atoms with Crippen LogP contribution < -0.4 is 10.6 Å². The predicted octanol–water partition coefficient (Wildman–Crippen LogP) is 3.48. The highest BCUT2D eigenvalue weighted by Crippen LogP contribution is 2.28. The molecule has 6 nitrogen and oxygen atoms in total. The first kappa shape index (κ1) is 24.4. The van der Waals surface area contributed by atoms with Crippen molar-refractivity contribution in [1.29, 1.82) is 0 Å². The van der Waals surface area contributed by atoms with Crippen LogP contribution in [-0.4, -0.2) is 52.1 Å². The van der Waals surface area contributed by atoms with Gasteiger partial charge in [-0.1, -0.05) is 24.3 Å². The van der Waals surface area contributed by atoms with Gasteiger partial charge in [0.25, 0.3) is 0 Å². The van der Waals surface area contributed by atoms with E-state index < -0.39 is 0 Å². The van der Waals surface area contributed by atoms with Crippen LogP contribution in [0.25, 0.3) is 0 Å². The van der Waals surface area contributed by atoms with Crippen LogP contribution in [0.1, 0.15) is 43.2 Å². The molecule has 1 aromatic carbocycles. The minimum atomic E-state index is 0. The highest BCUT2D eigenvalue weighted by atomic mass is 127. The van der Waals surface area contributed by atoms with Crippen molar-refractivity contribution < 1.29 is 14.2 Å². The SMILES string of the molecule is CN=C(NCCCOCC1CC1)NCc1cccc(COC2CCOCC2)c1.I. The summed E-state index contributed by atoms with van der Waals surface area (Å²) in [7, 11) is 1.80. The molecule has 0 unspecified atom stereocenters. The lowest BCUT2D eigenvalue weighted by Gasteiger charge is -2.22. The van der Waals surface area contributed by atoms with Crippen molar-refractivity contribution in [1.82, 2.24) is 10.6 Å². The number of aliphatic imine (C=N–C) groups is 1. The second-order valence-electron chi connectivity index (χ2n) is 7.67. The predicted molar refractivity (Wildman–Crippen MR) is 127 cm³/mol. The van der Waals surface area contributed by atoms with Gasteiger partial charge in [-0.15, -0.1) is 24.0 Å². The normalized spacial score (nSPS) is 17.6. The zero-order valence-corrected chi connectivity index (χ0v) is 19.9. The molecule has 1 saturated heterocycles. The maximum atomic E-state index is 6.03. The van der Waals surface area contributed by atoms with Crippen molar-refractivity contribution in [2.45, 2.75) is 51.4 Å². The first-order valence-electron chi connectivity index (χ1n) is 10.6. The Morgan fingerprint density at radius 3 is 2.69 bits per heavy atom. The monoisotopic (exact) mass is 517 g/mol. The van der Waals surface area contributed by atoms with Gasteiger partial charge < -0.3 is 24.8 Å². The van der Waals surface area contributed by atoms with Gasteiger partial charge in [-0.25, -0.2) is 0 Å². The van der Waals surface area contributed by atoms with Gasteiger partial charge in [0.1, 0.15) is 0 Å². The van der Waals surface area contributed by atoms with Crippen molar-refractivity contribution in [3.8, 4) is 0 Å². The van der Waals surface area contributed by atoms with Crippen molar-refractivity contribution in [2.24, 2.45) is 10.9 Å². The van der Waals surface area contributed by atoms with Gasteiger partial charge in [-0.05, 0) is 49.1 Å². The van der Waals surface area contributed by atoms with E-state index in [-0.39, 0.29) is 24.0 Å². The lowest BCUT2D eigenvalue weighted by atomic mass is 10.1. The smallest absolute Gasteiger partial charge is 0.191 e. The van der Waals surface area contributed by atoms with Crippen molar-refractivity contribution in [3.63, 3.8) is 0 Å². The maximum absolute atomic E-state index is 6.03. The van der Waals surface area contributed by atoms with Gasteiger partial charge in [-0.2, -0.15) is 0 Å². The van der Waals surface area contributed by atoms with E-state index in [4.69, 9.17) is 14.2 Å². The van der Waals surface area contributed by atoms with Gasteiger partial charge in [0.05, 0.1) is 12.7 Å². The molecule has 0 aromatic heterocycles. The molecule has 2 N–H and O–H groups in total. The summed E-state index contributed by atoms with van der Waals surface area (Å²) in [4.78, 5) is 4.30. The lowest BCUT2D eigenvalue weighted by Crippen LogP contribution is -2.37. The molecule has 1 heterocycles. The van der Waals surface area contributed by atoms with E-state index in [1.807, 2.05) is 0 Å². The lowest BCUT2D eigenvalue weighted by molar-refractivity contribution is -0.0390. The summed E-state index contributed by atoms with van der Waals surface area (Å²) in [5.74, 6) is 1.66. The molecule has 3 rings (SSSR count). The molecule has 1 saturated carbocycles. The fourth-order valence-corrected chi connectivity index (χ4v) is 3.21. The maximum Gasteiger partial charge on any atom is 0.191 e. The molecule has 1 aliphatic carbocycles. The van der Waals surface area contributed by atoms with E-state index in [0.717, 1.165) is 70.7 Å². The van der Waals surface area contributed by atoms with Crippen LogP contribution in [0.15, 0.2) is 29.3 Å². The average Bonchev–Trinajstić information content (AvgIpc) is 3.57. The van der Waals surface area contributed by atoms with Crippen LogP contribution in [0.3, 0.4) is 0 Å². The van der Waals surface area contributed by atoms with Crippen LogP contribution in [0, 0.1) is 5.92 Å². The number of halogens is 1. The molecule has 1 aliphatic heterocycles. The van der Waals surface area contributed by atoms with E-state index in [0.29, 0.717) is 12.7 Å². The van der Waals surface area contributed by atoms with Crippen molar-refractivity contribution in [2.75, 3.05) is 40.0 Å². The number of ether oxygens (including phenoxy) is 3. The van der Waals surface area contributed by atoms with E-state index >= 15 is 0 Å². The Hall–Kier alpha value is -0.900. The van der Waals surface area contributed by atoms with Crippen molar-refractivity contribution in [3.05, 3.63) is 35.4 Å². The third kappa shape index (κ3) is 10.1. The molecule has 2 fully saturated rings. The highest BCUT2D eigenvalue weighted by Gasteiger charge is 2.20. The molecule has 164 valence electrons. The Bertz CT molecular complexity index is 605. The van der Waals surface area contributed by atoms with Crippen LogP contribution >= 0.6 is 24.0 Å². The first-order chi connectivity index (χ1) is 13.8. The Morgan fingerprint density at radius 2 is 1.93 bits per heavy atom. The number of hydrogen-bond acceptors (Lipinski definition) is 4. The Balaban J connectivity index is 0.00000300. The van der Waals surface area contributed by atoms with Gasteiger partial charge in [0.15, 0.2) is 5.96 Å². The number of benzene rings is 1. The van der Waals surface area contributed by atoms with Crippen LogP contribution in [0.4, 0.5) is 0 Å². The standard InChI is InChI=1S/C22H35N3O3.HI/c1-23-22(24-10-3-11-27-16-18-6-7-18)25-15-19-4-2-5-20(14-19)17-28-21-8-12-26-13-9-21;/h2,4-5,14,18,21H,3,6-13,15-17H2,1H3,(H2,23,24,25);1H. The third-order valence-electron chi connectivity index (χ3n) is 5.14. The fraction of sp³-hybridized carbons (Fsp3) is 0.682. The first-order valence-corrected chi connectivity index (χ1v) is 10.6. The molecular formula is C22H36IN3O3. The number of guanidine groups is 1. The molecule has 0 radical (unpaired) electrons. The Kier molecular flexibility index (Phi) is 11.9. The van der Waals surface area contributed by atoms with E-state index in [2.05, 4.69) is 39.9 Å². The van der Waals surface area contributed by atoms with Gasteiger partial charge in [-0.3, -0.25) is 4.99 Å². The third-order valence-corrected chi connectivity index (χ3v) is 5.14. The van der Waals surface area contributed by atoms with Crippen LogP contribution in [0.2, 0.25) is 0 Å². The quantitative estimate of drug-likeness (QED) is 0.204. The van der Waals surface area contributed by atoms with Gasteiger partial charge >= 0.3 is 0 Å². The molecule has 1 aromatic rings. The Morgan fingerprint density at radius 1 is 1.14 bits per heavy atom. The van der Waals surface area contributed by atoms with Crippen LogP contribution in [-0.2, 0) is 27.4 Å². The average molecular weight is 517 g/mol. The molecule has 7 heteroatoms. The van der Waals surface area contributed by atoms with Crippen molar-refractivity contribution >= 4 is 29.9 Å². The largest absolute Gasteiger partial charge is 0.381 e. The summed E-state index contributed by atoms with van der Waals surface area (Å²) in [5.41, 5.74) is 2.44. The summed E-state index contributed by atoms with van der Waals surface area (Å²) >= 11 is 0. The number of rotatable bonds is 11. The summed E-state index contributed by atoms with van der Waals surface area (Å²) in [6.07, 6.45) is 6.00. The Labute approximate surface area is 192 Å². The number of nitrogens with zero attached hydrogens (tertiary/aromatic N) is 1.